The maximum absolute atomic E-state index is 12.3. The number of aryl methyl sites for hydroxylation is 1. The van der Waals surface area contributed by atoms with Gasteiger partial charge in [-0.3, -0.25) is 9.59 Å². The third-order valence-corrected chi connectivity index (χ3v) is 5.42. The Labute approximate surface area is 147 Å². The molecule has 1 aromatic carbocycles. The first kappa shape index (κ1) is 17.7. The summed E-state index contributed by atoms with van der Waals surface area (Å²) in [7, 11) is 1.65. The van der Waals surface area contributed by atoms with Crippen molar-refractivity contribution in [2.45, 2.75) is 31.6 Å². The van der Waals surface area contributed by atoms with E-state index in [0.717, 1.165) is 29.7 Å². The van der Waals surface area contributed by atoms with E-state index in [9.17, 15) is 9.59 Å². The molecule has 1 aromatic rings. The first-order chi connectivity index (χ1) is 12.0. The number of carbonyl (C=O) groups is 2. The normalized spacial score (nSPS) is 24.4. The van der Waals surface area contributed by atoms with E-state index >= 15 is 0 Å². The SMILES string of the molecule is COc1ccc(C)cc1C1(CNC(=O)[C@@H]2C[C@H]2C(=O)O)CCOCC1. The molecule has 1 aliphatic heterocycles. The van der Waals surface area contributed by atoms with Crippen molar-refractivity contribution in [1.29, 1.82) is 0 Å². The van der Waals surface area contributed by atoms with Crippen molar-refractivity contribution in [3.8, 4) is 5.75 Å². The van der Waals surface area contributed by atoms with Crippen molar-refractivity contribution in [1.82, 2.24) is 5.32 Å². The molecule has 0 spiro atoms. The van der Waals surface area contributed by atoms with Gasteiger partial charge in [0.2, 0.25) is 5.91 Å². The van der Waals surface area contributed by atoms with E-state index in [4.69, 9.17) is 14.6 Å². The van der Waals surface area contributed by atoms with E-state index in [1.54, 1.807) is 7.11 Å². The van der Waals surface area contributed by atoms with Crippen LogP contribution in [0, 0.1) is 18.8 Å². The van der Waals surface area contributed by atoms with Gasteiger partial charge < -0.3 is 19.9 Å². The largest absolute Gasteiger partial charge is 0.496 e. The fourth-order valence-corrected chi connectivity index (χ4v) is 3.68. The molecule has 25 heavy (non-hydrogen) atoms. The van der Waals surface area contributed by atoms with Crippen molar-refractivity contribution in [3.05, 3.63) is 29.3 Å². The van der Waals surface area contributed by atoms with Gasteiger partial charge in [-0.1, -0.05) is 17.7 Å². The molecule has 3 rings (SSSR count). The molecular formula is C19H25NO5. The predicted octanol–water partition coefficient (Wildman–Crippen LogP) is 1.89. The highest BCUT2D eigenvalue weighted by molar-refractivity contribution is 5.89. The Balaban J connectivity index is 1.79. The number of amides is 1. The summed E-state index contributed by atoms with van der Waals surface area (Å²) in [6.45, 7) is 3.77. The van der Waals surface area contributed by atoms with Gasteiger partial charge in [0.25, 0.3) is 0 Å². The fraction of sp³-hybridized carbons (Fsp3) is 0.579. The second kappa shape index (κ2) is 7.04. The Morgan fingerprint density at radius 3 is 2.64 bits per heavy atom. The molecule has 1 saturated heterocycles. The van der Waals surface area contributed by atoms with E-state index < -0.39 is 17.8 Å². The number of aliphatic carboxylic acids is 1. The second-order valence-electron chi connectivity index (χ2n) is 7.10. The topological polar surface area (TPSA) is 84.9 Å². The smallest absolute Gasteiger partial charge is 0.307 e. The summed E-state index contributed by atoms with van der Waals surface area (Å²) in [6.07, 6.45) is 2.02. The summed E-state index contributed by atoms with van der Waals surface area (Å²) < 4.78 is 11.1. The Kier molecular flexibility index (Phi) is 4.99. The molecule has 1 amide bonds. The Morgan fingerprint density at radius 2 is 2.04 bits per heavy atom. The highest BCUT2D eigenvalue weighted by Gasteiger charge is 2.49. The van der Waals surface area contributed by atoms with Crippen LogP contribution >= 0.6 is 0 Å². The molecule has 2 fully saturated rings. The minimum atomic E-state index is -0.888. The summed E-state index contributed by atoms with van der Waals surface area (Å²) in [6, 6.07) is 6.09. The molecule has 6 heteroatoms. The average molecular weight is 347 g/mol. The van der Waals surface area contributed by atoms with E-state index in [-0.39, 0.29) is 11.3 Å². The first-order valence-corrected chi connectivity index (χ1v) is 8.70. The third kappa shape index (κ3) is 3.63. The van der Waals surface area contributed by atoms with Crippen LogP contribution in [-0.4, -0.2) is 43.9 Å². The van der Waals surface area contributed by atoms with Crippen LogP contribution in [0.5, 0.6) is 5.75 Å². The number of rotatable bonds is 6. The zero-order chi connectivity index (χ0) is 18.0. The number of nitrogens with one attached hydrogen (secondary N) is 1. The number of carboxylic acids is 1. The fourth-order valence-electron chi connectivity index (χ4n) is 3.68. The molecule has 2 aliphatic rings. The lowest BCUT2D eigenvalue weighted by atomic mass is 9.73. The predicted molar refractivity (Wildman–Crippen MR) is 91.7 cm³/mol. The lowest BCUT2D eigenvalue weighted by molar-refractivity contribution is -0.140. The van der Waals surface area contributed by atoms with Crippen LogP contribution in [0.2, 0.25) is 0 Å². The summed E-state index contributed by atoms with van der Waals surface area (Å²) >= 11 is 0. The van der Waals surface area contributed by atoms with E-state index in [1.807, 2.05) is 19.1 Å². The minimum absolute atomic E-state index is 0.162. The number of ether oxygens (including phenoxy) is 2. The highest BCUT2D eigenvalue weighted by Crippen LogP contribution is 2.41. The van der Waals surface area contributed by atoms with Gasteiger partial charge in [-0.2, -0.15) is 0 Å². The molecule has 0 unspecified atom stereocenters. The lowest BCUT2D eigenvalue weighted by Gasteiger charge is -2.39. The molecule has 0 radical (unpaired) electrons. The van der Waals surface area contributed by atoms with Crippen LogP contribution in [0.1, 0.15) is 30.4 Å². The molecule has 0 aromatic heterocycles. The molecule has 6 nitrogen and oxygen atoms in total. The van der Waals surface area contributed by atoms with Gasteiger partial charge in [0, 0.05) is 30.7 Å². The van der Waals surface area contributed by atoms with Crippen molar-refractivity contribution in [2.24, 2.45) is 11.8 Å². The van der Waals surface area contributed by atoms with Crippen molar-refractivity contribution < 1.29 is 24.2 Å². The lowest BCUT2D eigenvalue weighted by Crippen LogP contribution is -2.45. The Hall–Kier alpha value is -2.08. The minimum Gasteiger partial charge on any atom is -0.496 e. The Bertz CT molecular complexity index is 666. The van der Waals surface area contributed by atoms with E-state index in [0.29, 0.717) is 26.2 Å². The molecule has 0 bridgehead atoms. The van der Waals surface area contributed by atoms with Gasteiger partial charge in [0.1, 0.15) is 5.75 Å². The van der Waals surface area contributed by atoms with Gasteiger partial charge in [-0.25, -0.2) is 0 Å². The van der Waals surface area contributed by atoms with Crippen molar-refractivity contribution in [3.63, 3.8) is 0 Å². The van der Waals surface area contributed by atoms with Crippen LogP contribution < -0.4 is 10.1 Å². The molecule has 2 atom stereocenters. The number of methoxy groups -OCH3 is 1. The maximum Gasteiger partial charge on any atom is 0.307 e. The summed E-state index contributed by atoms with van der Waals surface area (Å²) in [4.78, 5) is 23.3. The summed E-state index contributed by atoms with van der Waals surface area (Å²) in [5.74, 6) is -1.16. The number of carbonyl (C=O) groups excluding carboxylic acids is 1. The average Bonchev–Trinajstić information content (AvgIpc) is 3.41. The van der Waals surface area contributed by atoms with Gasteiger partial charge >= 0.3 is 5.97 Å². The Morgan fingerprint density at radius 1 is 1.32 bits per heavy atom. The van der Waals surface area contributed by atoms with Gasteiger partial charge in [0.15, 0.2) is 0 Å². The number of benzene rings is 1. The summed E-state index contributed by atoms with van der Waals surface area (Å²) in [5.41, 5.74) is 1.98. The quantitative estimate of drug-likeness (QED) is 0.821. The highest BCUT2D eigenvalue weighted by atomic mass is 16.5. The monoisotopic (exact) mass is 347 g/mol. The number of hydrogen-bond acceptors (Lipinski definition) is 4. The van der Waals surface area contributed by atoms with E-state index in [2.05, 4.69) is 11.4 Å². The maximum atomic E-state index is 12.3. The summed E-state index contributed by atoms with van der Waals surface area (Å²) in [5, 5.41) is 12.0. The number of hydrogen-bond donors (Lipinski definition) is 2. The first-order valence-electron chi connectivity index (χ1n) is 8.70. The molecule has 1 aliphatic carbocycles. The van der Waals surface area contributed by atoms with Crippen LogP contribution in [0.15, 0.2) is 18.2 Å². The van der Waals surface area contributed by atoms with Crippen LogP contribution in [0.4, 0.5) is 0 Å². The standard InChI is InChI=1S/C19H25NO5/c1-12-3-4-16(24-2)15(9-12)19(5-7-25-8-6-19)11-20-17(21)13-10-14(13)18(22)23/h3-4,9,13-14H,5-8,10-11H2,1-2H3,(H,20,21)(H,22,23)/t13-,14-/m1/s1. The van der Waals surface area contributed by atoms with E-state index in [1.165, 1.54) is 0 Å². The molecule has 136 valence electrons. The number of carboxylic acid groups (broad SMARTS) is 1. The van der Waals surface area contributed by atoms with Crippen LogP contribution in [-0.2, 0) is 19.7 Å². The molecule has 1 heterocycles. The van der Waals surface area contributed by atoms with Crippen LogP contribution in [0.3, 0.4) is 0 Å². The zero-order valence-corrected chi connectivity index (χ0v) is 14.7. The van der Waals surface area contributed by atoms with Gasteiger partial charge in [-0.05, 0) is 32.3 Å². The molecule has 2 N–H and O–H groups in total. The zero-order valence-electron chi connectivity index (χ0n) is 14.7. The van der Waals surface area contributed by atoms with Crippen LogP contribution in [0.25, 0.3) is 0 Å². The molecule has 1 saturated carbocycles. The second-order valence-corrected chi connectivity index (χ2v) is 7.10. The van der Waals surface area contributed by atoms with Crippen molar-refractivity contribution in [2.75, 3.05) is 26.9 Å². The van der Waals surface area contributed by atoms with Gasteiger partial charge in [0.05, 0.1) is 18.9 Å². The van der Waals surface area contributed by atoms with Gasteiger partial charge in [-0.15, -0.1) is 0 Å². The third-order valence-electron chi connectivity index (χ3n) is 5.42. The van der Waals surface area contributed by atoms with Crippen molar-refractivity contribution >= 4 is 11.9 Å². The molecular weight excluding hydrogens is 322 g/mol.